The molecular formula is C21H26N8O. The van der Waals surface area contributed by atoms with Crippen LogP contribution in [-0.4, -0.2) is 55.4 Å². The molecule has 0 aliphatic carbocycles. The highest BCUT2D eigenvalue weighted by Gasteiger charge is 2.24. The molecule has 0 saturated carbocycles. The van der Waals surface area contributed by atoms with Crippen molar-refractivity contribution in [2.45, 2.75) is 39.3 Å². The van der Waals surface area contributed by atoms with Gasteiger partial charge in [0.1, 0.15) is 5.82 Å². The average molecular weight is 406 g/mol. The molecule has 9 nitrogen and oxygen atoms in total. The largest absolute Gasteiger partial charge is 0.377 e. The van der Waals surface area contributed by atoms with E-state index in [0.717, 1.165) is 34.6 Å². The number of benzene rings is 1. The normalized spacial score (nSPS) is 17.3. The van der Waals surface area contributed by atoms with E-state index in [1.165, 1.54) is 0 Å². The van der Waals surface area contributed by atoms with Crippen LogP contribution < -0.4 is 10.2 Å². The van der Waals surface area contributed by atoms with Crippen LogP contribution in [0.5, 0.6) is 0 Å². The standard InChI is InChI=1S/C21H26N8O/c1-13(2)15-10-23-29-19(15)26-21(28-8-9-30-12-14(28)3)27-20(29)22-11-18-24-16-6-4-5-7-17(16)25-18/h4-7,10,13-14H,8-9,11-12H2,1-3H3,(H,24,25)(H,22,26,27)/t14-/m1/s1. The molecule has 0 radical (unpaired) electrons. The first kappa shape index (κ1) is 18.8. The number of nitrogens with zero attached hydrogens (tertiary/aromatic N) is 6. The predicted molar refractivity (Wildman–Crippen MR) is 116 cm³/mol. The molecule has 1 aromatic carbocycles. The Morgan fingerprint density at radius 1 is 1.23 bits per heavy atom. The zero-order valence-electron chi connectivity index (χ0n) is 17.5. The maximum Gasteiger partial charge on any atom is 0.231 e. The minimum absolute atomic E-state index is 0.217. The lowest BCUT2D eigenvalue weighted by Gasteiger charge is -2.33. The first-order valence-corrected chi connectivity index (χ1v) is 10.4. The fraction of sp³-hybridized carbons (Fsp3) is 0.429. The van der Waals surface area contributed by atoms with Crippen LogP contribution in [0.25, 0.3) is 16.7 Å². The highest BCUT2D eigenvalue weighted by Crippen LogP contribution is 2.25. The van der Waals surface area contributed by atoms with E-state index < -0.39 is 0 Å². The second kappa shape index (κ2) is 7.56. The van der Waals surface area contributed by atoms with Crippen LogP contribution in [0.15, 0.2) is 30.5 Å². The van der Waals surface area contributed by atoms with Crippen LogP contribution >= 0.6 is 0 Å². The SMILES string of the molecule is CC(C)c1cnn2c(NCc3nc4ccccc4[nH]3)nc(N3CCOC[C@H]3C)nc12. The molecule has 1 fully saturated rings. The number of rotatable bonds is 5. The van der Waals surface area contributed by atoms with Crippen LogP contribution in [-0.2, 0) is 11.3 Å². The number of hydrogen-bond donors (Lipinski definition) is 2. The van der Waals surface area contributed by atoms with Gasteiger partial charge in [-0.05, 0) is 25.0 Å². The number of morpholine rings is 1. The summed E-state index contributed by atoms with van der Waals surface area (Å²) in [5, 5.41) is 7.96. The van der Waals surface area contributed by atoms with Crippen LogP contribution in [0, 0.1) is 0 Å². The molecule has 156 valence electrons. The Hall–Kier alpha value is -3.20. The van der Waals surface area contributed by atoms with Gasteiger partial charge >= 0.3 is 0 Å². The summed E-state index contributed by atoms with van der Waals surface area (Å²) >= 11 is 0. The third kappa shape index (κ3) is 3.35. The molecule has 1 aliphatic heterocycles. The number of fused-ring (bicyclic) bond motifs is 2. The highest BCUT2D eigenvalue weighted by atomic mass is 16.5. The number of hydrogen-bond acceptors (Lipinski definition) is 7. The summed E-state index contributed by atoms with van der Waals surface area (Å²) in [5.74, 6) is 2.52. The van der Waals surface area contributed by atoms with Gasteiger partial charge in [0.25, 0.3) is 0 Å². The summed E-state index contributed by atoms with van der Waals surface area (Å²) in [4.78, 5) is 19.9. The Kier molecular flexibility index (Phi) is 4.74. The summed E-state index contributed by atoms with van der Waals surface area (Å²) in [7, 11) is 0. The highest BCUT2D eigenvalue weighted by molar-refractivity contribution is 5.74. The van der Waals surface area contributed by atoms with E-state index in [2.05, 4.69) is 46.1 Å². The van der Waals surface area contributed by atoms with E-state index in [-0.39, 0.29) is 6.04 Å². The molecule has 0 bridgehead atoms. The Balaban J connectivity index is 1.52. The van der Waals surface area contributed by atoms with Gasteiger partial charge in [-0.1, -0.05) is 26.0 Å². The molecule has 0 unspecified atom stereocenters. The van der Waals surface area contributed by atoms with Crippen molar-refractivity contribution in [2.75, 3.05) is 30.0 Å². The number of H-pyrrole nitrogens is 1. The van der Waals surface area contributed by atoms with Crippen molar-refractivity contribution in [1.82, 2.24) is 29.5 Å². The molecule has 30 heavy (non-hydrogen) atoms. The number of anilines is 2. The van der Waals surface area contributed by atoms with E-state index in [4.69, 9.17) is 14.7 Å². The fourth-order valence-electron chi connectivity index (χ4n) is 3.81. The number of aromatic nitrogens is 6. The monoisotopic (exact) mass is 406 g/mol. The van der Waals surface area contributed by atoms with Gasteiger partial charge in [-0.15, -0.1) is 0 Å². The molecular weight excluding hydrogens is 380 g/mol. The van der Waals surface area contributed by atoms with E-state index in [1.54, 1.807) is 4.52 Å². The zero-order valence-corrected chi connectivity index (χ0v) is 17.5. The van der Waals surface area contributed by atoms with E-state index in [9.17, 15) is 0 Å². The number of aromatic amines is 1. The molecule has 4 aromatic rings. The van der Waals surface area contributed by atoms with Gasteiger partial charge in [0, 0.05) is 12.1 Å². The van der Waals surface area contributed by atoms with Crippen molar-refractivity contribution in [3.8, 4) is 0 Å². The van der Waals surface area contributed by atoms with Gasteiger partial charge in [0.15, 0.2) is 5.65 Å². The maximum absolute atomic E-state index is 5.59. The van der Waals surface area contributed by atoms with Crippen LogP contribution in [0.4, 0.5) is 11.9 Å². The van der Waals surface area contributed by atoms with Gasteiger partial charge in [0.05, 0.1) is 43.0 Å². The Morgan fingerprint density at radius 3 is 2.90 bits per heavy atom. The molecule has 1 atom stereocenters. The summed E-state index contributed by atoms with van der Waals surface area (Å²) in [6, 6.07) is 8.22. The molecule has 1 saturated heterocycles. The lowest BCUT2D eigenvalue weighted by atomic mass is 10.1. The van der Waals surface area contributed by atoms with Gasteiger partial charge in [-0.3, -0.25) is 0 Å². The Labute approximate surface area is 174 Å². The maximum atomic E-state index is 5.59. The number of ether oxygens (including phenoxy) is 1. The topological polar surface area (TPSA) is 96.3 Å². The number of imidazole rings is 1. The van der Waals surface area contributed by atoms with Crippen molar-refractivity contribution in [1.29, 1.82) is 0 Å². The molecule has 0 spiro atoms. The van der Waals surface area contributed by atoms with Gasteiger partial charge in [-0.25, -0.2) is 4.98 Å². The van der Waals surface area contributed by atoms with Crippen LogP contribution in [0.3, 0.4) is 0 Å². The lowest BCUT2D eigenvalue weighted by molar-refractivity contribution is 0.0981. The molecule has 0 amide bonds. The zero-order chi connectivity index (χ0) is 20.7. The van der Waals surface area contributed by atoms with Crippen molar-refractivity contribution in [3.63, 3.8) is 0 Å². The van der Waals surface area contributed by atoms with Crippen molar-refractivity contribution in [2.24, 2.45) is 0 Å². The molecule has 5 rings (SSSR count). The smallest absolute Gasteiger partial charge is 0.231 e. The van der Waals surface area contributed by atoms with E-state index in [1.807, 2.05) is 30.5 Å². The molecule has 3 aromatic heterocycles. The summed E-state index contributed by atoms with van der Waals surface area (Å²) in [6.07, 6.45) is 1.88. The van der Waals surface area contributed by atoms with E-state index in [0.29, 0.717) is 37.6 Å². The number of nitrogens with one attached hydrogen (secondary N) is 2. The average Bonchev–Trinajstić information content (AvgIpc) is 3.36. The molecule has 2 N–H and O–H groups in total. The lowest BCUT2D eigenvalue weighted by Crippen LogP contribution is -2.44. The summed E-state index contributed by atoms with van der Waals surface area (Å²) in [6.45, 7) is 9.06. The third-order valence-corrected chi connectivity index (χ3v) is 5.48. The van der Waals surface area contributed by atoms with E-state index >= 15 is 0 Å². The minimum atomic E-state index is 0.217. The fourth-order valence-corrected chi connectivity index (χ4v) is 3.81. The second-order valence-corrected chi connectivity index (χ2v) is 8.01. The van der Waals surface area contributed by atoms with Crippen molar-refractivity contribution in [3.05, 3.63) is 41.9 Å². The predicted octanol–water partition coefficient (Wildman–Crippen LogP) is 2.96. The van der Waals surface area contributed by atoms with Crippen molar-refractivity contribution < 1.29 is 4.74 Å². The Bertz CT molecular complexity index is 1150. The van der Waals surface area contributed by atoms with Gasteiger partial charge in [-0.2, -0.15) is 19.6 Å². The quantitative estimate of drug-likeness (QED) is 0.526. The summed E-state index contributed by atoms with van der Waals surface area (Å²) in [5.41, 5.74) is 3.91. The molecule has 1 aliphatic rings. The third-order valence-electron chi connectivity index (χ3n) is 5.48. The second-order valence-electron chi connectivity index (χ2n) is 8.01. The molecule has 4 heterocycles. The van der Waals surface area contributed by atoms with Crippen molar-refractivity contribution >= 4 is 28.6 Å². The first-order chi connectivity index (χ1) is 14.6. The number of para-hydroxylation sites is 2. The van der Waals surface area contributed by atoms with Crippen LogP contribution in [0.1, 0.15) is 38.1 Å². The van der Waals surface area contributed by atoms with Gasteiger partial charge < -0.3 is 19.9 Å². The van der Waals surface area contributed by atoms with Gasteiger partial charge in [0.2, 0.25) is 11.9 Å². The summed E-state index contributed by atoms with van der Waals surface area (Å²) < 4.78 is 7.37. The minimum Gasteiger partial charge on any atom is -0.377 e. The molecule has 9 heteroatoms. The first-order valence-electron chi connectivity index (χ1n) is 10.4. The Morgan fingerprint density at radius 2 is 2.10 bits per heavy atom. The van der Waals surface area contributed by atoms with Crippen LogP contribution in [0.2, 0.25) is 0 Å².